The van der Waals surface area contributed by atoms with Crippen LogP contribution in [-0.2, 0) is 57.2 Å². The van der Waals surface area contributed by atoms with Crippen LogP contribution in [-0.4, -0.2) is 134 Å². The highest BCUT2D eigenvalue weighted by atomic mass is 127. The zero-order valence-corrected chi connectivity index (χ0v) is 44.8. The molecule has 404 valence electrons. The van der Waals surface area contributed by atoms with Crippen molar-refractivity contribution in [2.24, 2.45) is 23.5 Å². The van der Waals surface area contributed by atoms with E-state index in [4.69, 9.17) is 44.4 Å². The van der Waals surface area contributed by atoms with Crippen molar-refractivity contribution in [1.82, 2.24) is 10.6 Å². The number of ether oxygens (including phenoxy) is 6. The number of nitrogens with two attached hydrogens (primary N) is 1. The minimum Gasteiger partial charge on any atom is -0.481 e. The molecule has 0 aromatic rings. The standard InChI is InChI=1S/C18H32FNO6.C18H32INO6.C11H20FNO4/c2*1-18(2,3)26-17(23)20-14(16(22)25-5)12-13(15(21)24-4)10-8-6-7-9-11-19;12-6-4-2-1-3-5-8(10(14)15)7-9(13)11(16)17/h2*13-14H,6-12H2,1-5H3,(H,20,23);8-9H,1-7,13H2,(H,14,15)(H,16,17)/t2*13-,14-;8-,9-/m000/s1/i19-1;;12-1. The molecule has 0 heterocycles. The van der Waals surface area contributed by atoms with Crippen molar-refractivity contribution in [3.8, 4) is 0 Å². The summed E-state index contributed by atoms with van der Waals surface area (Å²) in [4.78, 5) is 93.4. The lowest BCUT2D eigenvalue weighted by molar-refractivity contribution is -0.149. The normalized spacial score (nSPS) is 13.7. The number of esters is 4. The first-order valence-electron chi connectivity index (χ1n) is 23.5. The molecule has 0 saturated carbocycles. The number of hydrogen-bond donors (Lipinski definition) is 5. The third kappa shape index (κ3) is 39.3. The quantitative estimate of drug-likeness (QED) is 0.0140. The Morgan fingerprint density at radius 1 is 0.493 bits per heavy atom. The van der Waals surface area contributed by atoms with E-state index in [0.29, 0.717) is 44.9 Å². The molecule has 0 rings (SSSR count). The molecule has 69 heavy (non-hydrogen) atoms. The fraction of sp³-hybridized carbons (Fsp3) is 0.830. The summed E-state index contributed by atoms with van der Waals surface area (Å²) in [7, 11) is 5.03. The highest BCUT2D eigenvalue weighted by molar-refractivity contribution is 14.1. The number of alkyl halides is 3. The Bertz CT molecular complexity index is 1400. The van der Waals surface area contributed by atoms with E-state index in [1.165, 1.54) is 28.4 Å². The Balaban J connectivity index is -0.000000971. The summed E-state index contributed by atoms with van der Waals surface area (Å²) in [6, 6.07) is -3.12. The van der Waals surface area contributed by atoms with Crippen LogP contribution in [0, 0.1) is 17.8 Å². The molecule has 0 aromatic heterocycles. The van der Waals surface area contributed by atoms with Gasteiger partial charge in [-0.3, -0.25) is 28.0 Å². The molecule has 0 saturated heterocycles. The van der Waals surface area contributed by atoms with Gasteiger partial charge in [0, 0.05) is 0 Å². The minimum absolute atomic E-state index is 0.0434. The Labute approximate surface area is 421 Å². The van der Waals surface area contributed by atoms with Crippen molar-refractivity contribution in [1.29, 1.82) is 0 Å². The molecular weight excluding hydrogens is 1030 g/mol. The predicted molar refractivity (Wildman–Crippen MR) is 262 cm³/mol. The summed E-state index contributed by atoms with van der Waals surface area (Å²) in [5, 5.41) is 22.4. The number of carbonyl (C=O) groups is 8. The number of amides is 2. The predicted octanol–water partition coefficient (Wildman–Crippen LogP) is 8.18. The van der Waals surface area contributed by atoms with E-state index < -0.39 is 95.1 Å². The number of halogens is 3. The van der Waals surface area contributed by atoms with Gasteiger partial charge < -0.3 is 55.0 Å². The number of carboxylic acid groups (broad SMARTS) is 2. The highest BCUT2D eigenvalue weighted by Gasteiger charge is 2.33. The molecule has 6 atom stereocenters. The Morgan fingerprint density at radius 3 is 1.09 bits per heavy atom. The molecule has 0 aromatic carbocycles. The molecule has 0 spiro atoms. The zero-order chi connectivity index (χ0) is 53.6. The van der Waals surface area contributed by atoms with Gasteiger partial charge in [0.1, 0.15) is 29.3 Å². The number of unbranched alkanes of at least 4 members (excludes halogenated alkanes) is 9. The second-order valence-electron chi connectivity index (χ2n) is 18.2. The van der Waals surface area contributed by atoms with Crippen molar-refractivity contribution in [3.05, 3.63) is 0 Å². The van der Waals surface area contributed by atoms with E-state index in [1.54, 1.807) is 41.5 Å². The molecule has 0 radical (unpaired) electrons. The number of nitrogens with one attached hydrogen (secondary N) is 2. The van der Waals surface area contributed by atoms with E-state index in [1.807, 2.05) is 0 Å². The number of aliphatic carboxylic acids is 2. The van der Waals surface area contributed by atoms with E-state index in [9.17, 15) is 47.1 Å². The number of alkyl carbamates (subject to hydrolysis) is 2. The minimum atomic E-state index is -1.19. The first kappa shape index (κ1) is 69.2. The largest absolute Gasteiger partial charge is 0.481 e. The van der Waals surface area contributed by atoms with E-state index in [0.717, 1.165) is 55.8 Å². The Hall–Kier alpha value is -4.09. The second-order valence-corrected chi connectivity index (χ2v) is 19.3. The highest BCUT2D eigenvalue weighted by Crippen LogP contribution is 2.22. The molecule has 0 aliphatic heterocycles. The van der Waals surface area contributed by atoms with Gasteiger partial charge in [-0.15, -0.1) is 0 Å². The van der Waals surface area contributed by atoms with Crippen molar-refractivity contribution < 1.29 is 85.8 Å². The zero-order valence-electron chi connectivity index (χ0n) is 42.6. The molecule has 0 unspecified atom stereocenters. The van der Waals surface area contributed by atoms with Crippen LogP contribution in [0.5, 0.6) is 0 Å². The third-order valence-electron chi connectivity index (χ3n) is 9.98. The van der Waals surface area contributed by atoms with Gasteiger partial charge in [-0.05, 0) is 104 Å². The monoisotopic (exact) mass is 1110 g/mol. The number of carboxylic acids is 2. The van der Waals surface area contributed by atoms with Crippen molar-refractivity contribution in [2.45, 2.75) is 186 Å². The van der Waals surface area contributed by atoms with Gasteiger partial charge in [-0.25, -0.2) is 19.2 Å². The van der Waals surface area contributed by atoms with Crippen LogP contribution in [0.25, 0.3) is 0 Å². The lowest BCUT2D eigenvalue weighted by Crippen LogP contribution is -2.45. The number of rotatable bonds is 32. The smallest absolute Gasteiger partial charge is 0.408 e. The summed E-state index contributed by atoms with van der Waals surface area (Å²) in [5.41, 5.74) is 3.89. The summed E-state index contributed by atoms with van der Waals surface area (Å²) in [6.45, 7) is 9.58. The molecule has 0 fully saturated rings. The number of methoxy groups -OCH3 is 4. The van der Waals surface area contributed by atoms with Crippen LogP contribution in [0.1, 0.15) is 157 Å². The van der Waals surface area contributed by atoms with Gasteiger partial charge in [0.25, 0.3) is 0 Å². The Morgan fingerprint density at radius 2 is 0.812 bits per heavy atom. The topological polar surface area (TPSA) is 282 Å². The molecule has 0 bridgehead atoms. The second kappa shape index (κ2) is 40.6. The summed E-state index contributed by atoms with van der Waals surface area (Å²) < 4.78 is 54.5. The first-order chi connectivity index (χ1) is 32.3. The maximum absolute atomic E-state index is 12.1. The molecule has 2 amide bonds. The van der Waals surface area contributed by atoms with Crippen LogP contribution in [0.2, 0.25) is 0 Å². The molecule has 6 N–H and O–H groups in total. The van der Waals surface area contributed by atoms with Crippen molar-refractivity contribution in [2.75, 3.05) is 46.2 Å². The van der Waals surface area contributed by atoms with Crippen molar-refractivity contribution >= 4 is 70.6 Å². The van der Waals surface area contributed by atoms with E-state index in [2.05, 4.69) is 33.2 Å². The fourth-order valence-electron chi connectivity index (χ4n) is 6.44. The van der Waals surface area contributed by atoms with Crippen molar-refractivity contribution in [3.63, 3.8) is 0 Å². The Kier molecular flexibility index (Phi) is 40.7. The van der Waals surface area contributed by atoms with Crippen LogP contribution in [0.4, 0.5) is 18.4 Å². The average molecular weight is 1110 g/mol. The number of carbonyl (C=O) groups excluding carboxylic acids is 6. The van der Waals surface area contributed by atoms with Crippen LogP contribution in [0.15, 0.2) is 0 Å². The van der Waals surface area contributed by atoms with Crippen LogP contribution in [0.3, 0.4) is 0 Å². The SMILES string of the molecule is COC(=O)[C@@H](CCCCCCI)C[C@H](NC(=O)OC(C)(C)C)C(=O)OC.COC(=O)[C@@H](CCCCCC[18F])C[C@H](NC(=O)OC(C)(C)C)C(=O)OC.N[C@@H](C[C@H](CCCCCC[18F])C(=O)O)C(=O)O. The average Bonchev–Trinajstić information content (AvgIpc) is 3.27. The molecule has 0 aliphatic carbocycles. The summed E-state index contributed by atoms with van der Waals surface area (Å²) in [6.07, 6.45) is 9.53. The van der Waals surface area contributed by atoms with E-state index in [-0.39, 0.29) is 32.6 Å². The molecular formula is C47H84F2IN3O16. The lowest BCUT2D eigenvalue weighted by Gasteiger charge is -2.24. The van der Waals surface area contributed by atoms with Gasteiger partial charge in [0.05, 0.1) is 59.5 Å². The van der Waals surface area contributed by atoms with Gasteiger partial charge in [-0.1, -0.05) is 80.4 Å². The van der Waals surface area contributed by atoms with Gasteiger partial charge in [0.2, 0.25) is 0 Å². The summed E-state index contributed by atoms with van der Waals surface area (Å²) >= 11 is 2.34. The fourth-order valence-corrected chi connectivity index (χ4v) is 6.98. The third-order valence-corrected chi connectivity index (χ3v) is 10.7. The van der Waals surface area contributed by atoms with Gasteiger partial charge >= 0.3 is 48.0 Å². The van der Waals surface area contributed by atoms with Crippen LogP contribution < -0.4 is 16.4 Å². The first-order valence-corrected chi connectivity index (χ1v) is 25.0. The van der Waals surface area contributed by atoms with Gasteiger partial charge in [-0.2, -0.15) is 0 Å². The maximum Gasteiger partial charge on any atom is 0.408 e. The molecule has 22 heteroatoms. The lowest BCUT2D eigenvalue weighted by atomic mass is 9.93. The molecule has 19 nitrogen and oxygen atoms in total. The maximum atomic E-state index is 12.1. The van der Waals surface area contributed by atoms with Gasteiger partial charge in [0.15, 0.2) is 0 Å². The number of hydrogen-bond acceptors (Lipinski definition) is 15. The molecule has 0 aliphatic rings. The van der Waals surface area contributed by atoms with Crippen LogP contribution >= 0.6 is 22.6 Å². The van der Waals surface area contributed by atoms with E-state index >= 15 is 0 Å². The summed E-state index contributed by atoms with van der Waals surface area (Å²) in [5.74, 6) is -6.14.